The highest BCUT2D eigenvalue weighted by atomic mass is 32.2. The van der Waals surface area contributed by atoms with Gasteiger partial charge in [-0.05, 0) is 30.5 Å². The molecule has 4 nitrogen and oxygen atoms in total. The molecule has 0 aromatic heterocycles. The molecule has 2 aromatic carbocycles. The molecule has 0 atom stereocenters. The van der Waals surface area contributed by atoms with E-state index in [9.17, 15) is 23.3 Å². The van der Waals surface area contributed by atoms with Crippen molar-refractivity contribution in [1.29, 1.82) is 0 Å². The topological polar surface area (TPSA) is 55.2 Å². The molecule has 0 unspecified atom stereocenters. The zero-order valence-corrected chi connectivity index (χ0v) is 12.2. The minimum atomic E-state index is -4.62. The fourth-order valence-electron chi connectivity index (χ4n) is 1.86. The predicted molar refractivity (Wildman–Crippen MR) is 79.6 cm³/mol. The second-order valence-electron chi connectivity index (χ2n) is 4.31. The fourth-order valence-corrected chi connectivity index (χ4v) is 2.41. The molecule has 0 aliphatic rings. The first-order valence-corrected chi connectivity index (χ1v) is 7.31. The average molecular weight is 328 g/mol. The second-order valence-corrected chi connectivity index (χ2v) is 5.16. The van der Waals surface area contributed by atoms with Gasteiger partial charge in [-0.25, -0.2) is 0 Å². The molecule has 0 heterocycles. The maximum Gasteiger partial charge on any atom is 0.416 e. The Balaban J connectivity index is 2.45. The van der Waals surface area contributed by atoms with Gasteiger partial charge in [0.2, 0.25) is 0 Å². The quantitative estimate of drug-likeness (QED) is 0.483. The first-order valence-electron chi connectivity index (χ1n) is 6.08. The first kappa shape index (κ1) is 16.2. The number of para-hydroxylation sites is 1. The van der Waals surface area contributed by atoms with Crippen molar-refractivity contribution in [2.45, 2.75) is 11.1 Å². The van der Waals surface area contributed by atoms with E-state index >= 15 is 0 Å². The van der Waals surface area contributed by atoms with E-state index in [1.165, 1.54) is 11.8 Å². The van der Waals surface area contributed by atoms with Crippen LogP contribution in [-0.2, 0) is 6.18 Å². The van der Waals surface area contributed by atoms with Gasteiger partial charge >= 0.3 is 6.18 Å². The van der Waals surface area contributed by atoms with Crippen LogP contribution < -0.4 is 5.32 Å². The zero-order chi connectivity index (χ0) is 16.3. The summed E-state index contributed by atoms with van der Waals surface area (Å²) in [5.74, 6) is 0. The summed E-state index contributed by atoms with van der Waals surface area (Å²) in [6.45, 7) is 0. The molecule has 0 bridgehead atoms. The molecular formula is C14H11F3N2O2S. The van der Waals surface area contributed by atoms with Crippen LogP contribution in [0, 0.1) is 10.1 Å². The number of nitro groups is 1. The Kier molecular flexibility index (Phi) is 4.60. The lowest BCUT2D eigenvalue weighted by Gasteiger charge is -2.12. The van der Waals surface area contributed by atoms with Gasteiger partial charge in [-0.2, -0.15) is 13.2 Å². The van der Waals surface area contributed by atoms with E-state index in [1.807, 2.05) is 12.3 Å². The molecule has 0 saturated carbocycles. The van der Waals surface area contributed by atoms with E-state index in [2.05, 4.69) is 5.32 Å². The molecule has 2 rings (SSSR count). The summed E-state index contributed by atoms with van der Waals surface area (Å²) in [6, 6.07) is 9.46. The standard InChI is InChI=1S/C14H11F3N2O2S/c1-22-13-5-3-2-4-11(13)18-10-7-6-9(14(15,16)17)8-12(10)19(20)21/h2-8,18H,1H3. The Morgan fingerprint density at radius 3 is 2.41 bits per heavy atom. The predicted octanol–water partition coefficient (Wildman–Crippen LogP) is 5.08. The Bertz CT molecular complexity index is 705. The molecule has 0 saturated heterocycles. The number of hydrogen-bond acceptors (Lipinski definition) is 4. The SMILES string of the molecule is CSc1ccccc1Nc1ccc(C(F)(F)F)cc1[N+](=O)[O-]. The third-order valence-electron chi connectivity index (χ3n) is 2.90. The molecule has 0 spiro atoms. The fraction of sp³-hybridized carbons (Fsp3) is 0.143. The minimum Gasteiger partial charge on any atom is -0.349 e. The van der Waals surface area contributed by atoms with Crippen LogP contribution in [0.5, 0.6) is 0 Å². The van der Waals surface area contributed by atoms with E-state index in [4.69, 9.17) is 0 Å². The Morgan fingerprint density at radius 1 is 1.14 bits per heavy atom. The lowest BCUT2D eigenvalue weighted by Crippen LogP contribution is -2.07. The van der Waals surface area contributed by atoms with Gasteiger partial charge in [0.1, 0.15) is 5.69 Å². The van der Waals surface area contributed by atoms with E-state index in [-0.39, 0.29) is 5.69 Å². The van der Waals surface area contributed by atoms with E-state index in [0.29, 0.717) is 11.8 Å². The molecule has 2 aromatic rings. The molecule has 1 N–H and O–H groups in total. The van der Waals surface area contributed by atoms with Crippen molar-refractivity contribution in [2.75, 3.05) is 11.6 Å². The van der Waals surface area contributed by atoms with Crippen LogP contribution >= 0.6 is 11.8 Å². The zero-order valence-electron chi connectivity index (χ0n) is 11.3. The van der Waals surface area contributed by atoms with Crippen molar-refractivity contribution in [3.05, 3.63) is 58.1 Å². The lowest BCUT2D eigenvalue weighted by molar-refractivity contribution is -0.384. The summed E-state index contributed by atoms with van der Waals surface area (Å²) in [5, 5.41) is 13.9. The van der Waals surface area contributed by atoms with Crippen LogP contribution in [0.15, 0.2) is 47.4 Å². The molecular weight excluding hydrogens is 317 g/mol. The molecule has 0 aliphatic carbocycles. The largest absolute Gasteiger partial charge is 0.416 e. The maximum atomic E-state index is 12.7. The van der Waals surface area contributed by atoms with E-state index in [1.54, 1.807) is 18.2 Å². The average Bonchev–Trinajstić information content (AvgIpc) is 2.46. The van der Waals surface area contributed by atoms with Crippen molar-refractivity contribution < 1.29 is 18.1 Å². The van der Waals surface area contributed by atoms with Crippen molar-refractivity contribution in [1.82, 2.24) is 0 Å². The number of rotatable bonds is 4. The van der Waals surface area contributed by atoms with Crippen LogP contribution in [0.25, 0.3) is 0 Å². The van der Waals surface area contributed by atoms with Gasteiger partial charge < -0.3 is 5.32 Å². The summed E-state index contributed by atoms with van der Waals surface area (Å²) >= 11 is 1.42. The molecule has 8 heteroatoms. The lowest BCUT2D eigenvalue weighted by atomic mass is 10.1. The van der Waals surface area contributed by atoms with Crippen LogP contribution in [0.1, 0.15) is 5.56 Å². The number of halogens is 3. The van der Waals surface area contributed by atoms with Crippen LogP contribution in [0.4, 0.5) is 30.2 Å². The number of nitrogens with zero attached hydrogens (tertiary/aromatic N) is 1. The highest BCUT2D eigenvalue weighted by molar-refractivity contribution is 7.98. The van der Waals surface area contributed by atoms with Gasteiger partial charge in [0.05, 0.1) is 16.2 Å². The molecule has 0 amide bonds. The van der Waals surface area contributed by atoms with Crippen molar-refractivity contribution in [2.24, 2.45) is 0 Å². The summed E-state index contributed by atoms with van der Waals surface area (Å²) in [4.78, 5) is 11.0. The Labute approximate surface area is 128 Å². The number of anilines is 2. The number of benzene rings is 2. The van der Waals surface area contributed by atoms with Gasteiger partial charge in [-0.3, -0.25) is 10.1 Å². The van der Waals surface area contributed by atoms with E-state index in [0.717, 1.165) is 17.0 Å². The Morgan fingerprint density at radius 2 is 1.82 bits per heavy atom. The summed E-state index contributed by atoms with van der Waals surface area (Å²) in [7, 11) is 0. The molecule has 0 radical (unpaired) electrons. The minimum absolute atomic E-state index is 0.0134. The number of nitrogens with one attached hydrogen (secondary N) is 1. The number of nitro benzene ring substituents is 1. The number of alkyl halides is 3. The van der Waals surface area contributed by atoms with Crippen molar-refractivity contribution in [3.63, 3.8) is 0 Å². The summed E-state index contributed by atoms with van der Waals surface area (Å²) in [5.41, 5.74) is -1.06. The van der Waals surface area contributed by atoms with Crippen LogP contribution in [0.2, 0.25) is 0 Å². The van der Waals surface area contributed by atoms with Crippen LogP contribution in [-0.4, -0.2) is 11.2 Å². The third kappa shape index (κ3) is 3.51. The first-order chi connectivity index (χ1) is 10.3. The molecule has 22 heavy (non-hydrogen) atoms. The second kappa shape index (κ2) is 6.27. The Hall–Kier alpha value is -2.22. The maximum absolute atomic E-state index is 12.7. The van der Waals surface area contributed by atoms with Gasteiger partial charge in [0.15, 0.2) is 0 Å². The van der Waals surface area contributed by atoms with Crippen LogP contribution in [0.3, 0.4) is 0 Å². The van der Waals surface area contributed by atoms with Gasteiger partial charge in [-0.15, -0.1) is 11.8 Å². The summed E-state index contributed by atoms with van der Waals surface area (Å²) < 4.78 is 38.0. The molecule has 116 valence electrons. The number of hydrogen-bond donors (Lipinski definition) is 1. The smallest absolute Gasteiger partial charge is 0.349 e. The highest BCUT2D eigenvalue weighted by Gasteiger charge is 2.33. The van der Waals surface area contributed by atoms with Crippen molar-refractivity contribution in [3.8, 4) is 0 Å². The highest BCUT2D eigenvalue weighted by Crippen LogP contribution is 2.37. The normalized spacial score (nSPS) is 11.3. The van der Waals surface area contributed by atoms with Gasteiger partial charge in [0, 0.05) is 11.0 Å². The number of thioether (sulfide) groups is 1. The van der Waals surface area contributed by atoms with Gasteiger partial charge in [0.25, 0.3) is 5.69 Å². The van der Waals surface area contributed by atoms with E-state index < -0.39 is 22.4 Å². The monoisotopic (exact) mass is 328 g/mol. The van der Waals surface area contributed by atoms with Gasteiger partial charge in [-0.1, -0.05) is 12.1 Å². The third-order valence-corrected chi connectivity index (χ3v) is 3.69. The molecule has 0 fully saturated rings. The van der Waals surface area contributed by atoms with Crippen molar-refractivity contribution >= 4 is 28.8 Å². The summed E-state index contributed by atoms with van der Waals surface area (Å²) in [6.07, 6.45) is -2.79. The molecule has 0 aliphatic heterocycles.